The fourth-order valence-electron chi connectivity index (χ4n) is 2.42. The van der Waals surface area contributed by atoms with Crippen molar-refractivity contribution < 1.29 is 4.79 Å². The highest BCUT2D eigenvalue weighted by Crippen LogP contribution is 2.05. The normalized spacial score (nSPS) is 17.2. The van der Waals surface area contributed by atoms with Gasteiger partial charge in [-0.1, -0.05) is 0 Å². The number of aryl methyl sites for hydroxylation is 2. The van der Waals surface area contributed by atoms with Crippen LogP contribution in [-0.2, 0) is 11.3 Å². The molecule has 2 rings (SSSR count). The molecule has 0 N–H and O–H groups in total. The minimum atomic E-state index is 0.188. The van der Waals surface area contributed by atoms with E-state index in [1.54, 1.807) is 6.92 Å². The van der Waals surface area contributed by atoms with Crippen molar-refractivity contribution in [3.63, 3.8) is 0 Å². The molecule has 18 heavy (non-hydrogen) atoms. The molecule has 1 aromatic rings. The summed E-state index contributed by atoms with van der Waals surface area (Å²) in [5, 5.41) is 4.46. The van der Waals surface area contributed by atoms with Crippen LogP contribution in [0.2, 0.25) is 0 Å². The Kier molecular flexibility index (Phi) is 4.01. The maximum atomic E-state index is 11.2. The first-order valence-corrected chi connectivity index (χ1v) is 6.55. The van der Waals surface area contributed by atoms with Crippen LogP contribution < -0.4 is 0 Å². The van der Waals surface area contributed by atoms with E-state index in [9.17, 15) is 4.79 Å². The number of hydrogen-bond acceptors (Lipinski definition) is 3. The van der Waals surface area contributed by atoms with Gasteiger partial charge in [0.25, 0.3) is 0 Å². The molecule has 0 atom stereocenters. The molecule has 2 heterocycles. The van der Waals surface area contributed by atoms with E-state index in [2.05, 4.69) is 27.7 Å². The zero-order valence-electron chi connectivity index (χ0n) is 11.5. The van der Waals surface area contributed by atoms with Gasteiger partial charge >= 0.3 is 0 Å². The van der Waals surface area contributed by atoms with Gasteiger partial charge in [-0.05, 0) is 19.9 Å². The highest BCUT2D eigenvalue weighted by molar-refractivity contribution is 5.73. The minimum Gasteiger partial charge on any atom is -0.340 e. The summed E-state index contributed by atoms with van der Waals surface area (Å²) in [5.41, 5.74) is 2.30. The lowest BCUT2D eigenvalue weighted by Gasteiger charge is -2.34. The average molecular weight is 250 g/mol. The third-order valence-corrected chi connectivity index (χ3v) is 3.55. The lowest BCUT2D eigenvalue weighted by atomic mass is 10.3. The van der Waals surface area contributed by atoms with E-state index in [4.69, 9.17) is 0 Å². The molecule has 1 aromatic heterocycles. The van der Waals surface area contributed by atoms with E-state index in [-0.39, 0.29) is 5.91 Å². The molecule has 0 aliphatic carbocycles. The third-order valence-electron chi connectivity index (χ3n) is 3.55. The molecule has 0 spiro atoms. The standard InChI is InChI=1S/C13H22N4O/c1-11-10-12(2)17(14-11)9-6-15-4-7-16(8-5-15)13(3)18/h10H,4-9H2,1-3H3. The maximum Gasteiger partial charge on any atom is 0.219 e. The van der Waals surface area contributed by atoms with Crippen molar-refractivity contribution in [2.75, 3.05) is 32.7 Å². The van der Waals surface area contributed by atoms with Gasteiger partial charge in [-0.15, -0.1) is 0 Å². The maximum absolute atomic E-state index is 11.2. The topological polar surface area (TPSA) is 41.4 Å². The average Bonchev–Trinajstić information content (AvgIpc) is 2.66. The van der Waals surface area contributed by atoms with Crippen LogP contribution in [0.5, 0.6) is 0 Å². The molecule has 0 saturated carbocycles. The molecule has 0 bridgehead atoms. The van der Waals surface area contributed by atoms with Gasteiger partial charge in [0.05, 0.1) is 12.2 Å². The molecule has 5 nitrogen and oxygen atoms in total. The SMILES string of the molecule is CC(=O)N1CCN(CCn2nc(C)cc2C)CC1. The summed E-state index contributed by atoms with van der Waals surface area (Å²) in [5.74, 6) is 0.188. The second-order valence-corrected chi connectivity index (χ2v) is 5.00. The van der Waals surface area contributed by atoms with Gasteiger partial charge in [-0.3, -0.25) is 14.4 Å². The van der Waals surface area contributed by atoms with Gasteiger partial charge in [0.15, 0.2) is 0 Å². The summed E-state index contributed by atoms with van der Waals surface area (Å²) in [6, 6.07) is 2.10. The monoisotopic (exact) mass is 250 g/mol. The Labute approximate surface area is 108 Å². The van der Waals surface area contributed by atoms with Crippen LogP contribution in [0.4, 0.5) is 0 Å². The molecular weight excluding hydrogens is 228 g/mol. The second kappa shape index (κ2) is 5.52. The summed E-state index contributed by atoms with van der Waals surface area (Å²) in [6.07, 6.45) is 0. The fourth-order valence-corrected chi connectivity index (χ4v) is 2.42. The van der Waals surface area contributed by atoms with Crippen LogP contribution in [0.1, 0.15) is 18.3 Å². The molecule has 0 aromatic carbocycles. The Balaban J connectivity index is 1.79. The van der Waals surface area contributed by atoms with Crippen molar-refractivity contribution in [2.24, 2.45) is 0 Å². The summed E-state index contributed by atoms with van der Waals surface area (Å²) in [4.78, 5) is 15.5. The van der Waals surface area contributed by atoms with E-state index in [1.165, 1.54) is 5.69 Å². The molecule has 0 unspecified atom stereocenters. The number of carbonyl (C=O) groups is 1. The highest BCUT2D eigenvalue weighted by atomic mass is 16.2. The van der Waals surface area contributed by atoms with E-state index in [1.807, 2.05) is 11.8 Å². The molecule has 0 radical (unpaired) electrons. The van der Waals surface area contributed by atoms with Gasteiger partial charge < -0.3 is 4.90 Å². The number of hydrogen-bond donors (Lipinski definition) is 0. The zero-order valence-corrected chi connectivity index (χ0v) is 11.5. The van der Waals surface area contributed by atoms with Gasteiger partial charge in [-0.25, -0.2) is 0 Å². The first-order valence-electron chi connectivity index (χ1n) is 6.55. The van der Waals surface area contributed by atoms with Crippen molar-refractivity contribution in [1.82, 2.24) is 19.6 Å². The number of nitrogens with zero attached hydrogens (tertiary/aromatic N) is 4. The number of amides is 1. The van der Waals surface area contributed by atoms with Crippen LogP contribution in [0, 0.1) is 13.8 Å². The second-order valence-electron chi connectivity index (χ2n) is 5.00. The highest BCUT2D eigenvalue weighted by Gasteiger charge is 2.18. The van der Waals surface area contributed by atoms with Crippen molar-refractivity contribution in [1.29, 1.82) is 0 Å². The molecule has 1 fully saturated rings. The number of piperazine rings is 1. The third kappa shape index (κ3) is 3.10. The summed E-state index contributed by atoms with van der Waals surface area (Å²) < 4.78 is 2.06. The first kappa shape index (κ1) is 13.1. The number of rotatable bonds is 3. The molecular formula is C13H22N4O. The van der Waals surface area contributed by atoms with Crippen molar-refractivity contribution in [2.45, 2.75) is 27.3 Å². The van der Waals surface area contributed by atoms with E-state index in [0.717, 1.165) is 45.0 Å². The molecule has 5 heteroatoms. The van der Waals surface area contributed by atoms with Gasteiger partial charge in [0.2, 0.25) is 5.91 Å². The first-order chi connectivity index (χ1) is 8.56. The number of carbonyl (C=O) groups excluding carboxylic acids is 1. The van der Waals surface area contributed by atoms with Gasteiger partial charge in [-0.2, -0.15) is 5.10 Å². The minimum absolute atomic E-state index is 0.188. The fraction of sp³-hybridized carbons (Fsp3) is 0.692. The van der Waals surface area contributed by atoms with Crippen LogP contribution in [0.15, 0.2) is 6.07 Å². The van der Waals surface area contributed by atoms with Gasteiger partial charge in [0, 0.05) is 45.3 Å². The molecule has 1 aliphatic heterocycles. The van der Waals surface area contributed by atoms with Crippen molar-refractivity contribution >= 4 is 5.91 Å². The van der Waals surface area contributed by atoms with E-state index in [0.29, 0.717) is 0 Å². The zero-order chi connectivity index (χ0) is 13.1. The Morgan fingerprint density at radius 2 is 1.89 bits per heavy atom. The van der Waals surface area contributed by atoms with Crippen molar-refractivity contribution in [3.8, 4) is 0 Å². The summed E-state index contributed by atoms with van der Waals surface area (Å²) in [7, 11) is 0. The van der Waals surface area contributed by atoms with Crippen LogP contribution in [-0.4, -0.2) is 58.2 Å². The van der Waals surface area contributed by atoms with Crippen LogP contribution in [0.25, 0.3) is 0 Å². The number of aromatic nitrogens is 2. The Bertz CT molecular complexity index is 419. The smallest absolute Gasteiger partial charge is 0.219 e. The van der Waals surface area contributed by atoms with Crippen LogP contribution >= 0.6 is 0 Å². The Hall–Kier alpha value is -1.36. The predicted molar refractivity (Wildman–Crippen MR) is 70.4 cm³/mol. The molecule has 1 aliphatic rings. The van der Waals surface area contributed by atoms with E-state index < -0.39 is 0 Å². The molecule has 1 amide bonds. The molecule has 1 saturated heterocycles. The van der Waals surface area contributed by atoms with E-state index >= 15 is 0 Å². The summed E-state index contributed by atoms with van der Waals surface area (Å²) in [6.45, 7) is 11.3. The summed E-state index contributed by atoms with van der Waals surface area (Å²) >= 11 is 0. The molecule has 100 valence electrons. The van der Waals surface area contributed by atoms with Crippen molar-refractivity contribution in [3.05, 3.63) is 17.5 Å². The Morgan fingerprint density at radius 1 is 1.22 bits per heavy atom. The van der Waals surface area contributed by atoms with Crippen LogP contribution in [0.3, 0.4) is 0 Å². The van der Waals surface area contributed by atoms with Gasteiger partial charge in [0.1, 0.15) is 0 Å². The Morgan fingerprint density at radius 3 is 2.39 bits per heavy atom. The lowest BCUT2D eigenvalue weighted by molar-refractivity contribution is -0.130. The largest absolute Gasteiger partial charge is 0.340 e. The quantitative estimate of drug-likeness (QED) is 0.791. The predicted octanol–water partition coefficient (Wildman–Crippen LogP) is 0.664. The lowest BCUT2D eigenvalue weighted by Crippen LogP contribution is -2.48.